The predicted octanol–water partition coefficient (Wildman–Crippen LogP) is 1.42. The number of aryl methyl sites for hydroxylation is 4. The first kappa shape index (κ1) is 27.6. The number of rotatable bonds is 11. The number of carbonyl (C=O) groups is 2. The maximum absolute atomic E-state index is 13.0. The number of fused-ring (bicyclic) bond motifs is 1. The standard InChI is InChI=1S/C25H32N6O6S/c1-14-10-15(2)22(16(3)11-14)38(35,36)31-19(25(33)34)13-27-24(32)20-12-17(30-37-20)6-4-8-21-28-18-7-5-9-26-23(18)29-21/h5,7,9-11,17,19-20,30-31H,4,6,8,12-13H2,1-3H3,(H,27,32)(H,33,34)(H,26,28,29). The van der Waals surface area contributed by atoms with E-state index >= 15 is 0 Å². The Hall–Kier alpha value is -3.39. The fourth-order valence-corrected chi connectivity index (χ4v) is 6.37. The maximum Gasteiger partial charge on any atom is 0.323 e. The fraction of sp³-hybridized carbons (Fsp3) is 0.440. The first-order valence-corrected chi connectivity index (χ1v) is 13.8. The van der Waals surface area contributed by atoms with Crippen molar-refractivity contribution >= 4 is 33.1 Å². The van der Waals surface area contributed by atoms with Gasteiger partial charge in [-0.3, -0.25) is 14.4 Å². The third kappa shape index (κ3) is 6.54. The molecule has 1 saturated heterocycles. The first-order chi connectivity index (χ1) is 18.0. The third-order valence-electron chi connectivity index (χ3n) is 6.39. The number of amides is 1. The van der Waals surface area contributed by atoms with Crippen LogP contribution in [0.2, 0.25) is 0 Å². The number of hydroxylamine groups is 1. The SMILES string of the molecule is Cc1cc(C)c(S(=O)(=O)NC(CNC(=O)C2CC(CCCc3nc4cccnc4[nH]3)NO2)C(=O)O)c(C)c1. The van der Waals surface area contributed by atoms with Crippen LogP contribution in [0.25, 0.3) is 11.2 Å². The van der Waals surface area contributed by atoms with Crippen molar-refractivity contribution in [2.45, 2.75) is 69.5 Å². The Labute approximate surface area is 220 Å². The first-order valence-electron chi connectivity index (χ1n) is 12.3. The van der Waals surface area contributed by atoms with Gasteiger partial charge in [0.15, 0.2) is 11.8 Å². The number of pyridine rings is 1. The summed E-state index contributed by atoms with van der Waals surface area (Å²) in [7, 11) is -4.14. The predicted molar refractivity (Wildman–Crippen MR) is 139 cm³/mol. The molecule has 4 rings (SSSR count). The van der Waals surface area contributed by atoms with E-state index in [9.17, 15) is 23.1 Å². The molecule has 1 aromatic carbocycles. The Kier molecular flexibility index (Phi) is 8.41. The van der Waals surface area contributed by atoms with Crippen LogP contribution in [-0.2, 0) is 30.9 Å². The molecule has 1 fully saturated rings. The lowest BCUT2D eigenvalue weighted by molar-refractivity contribution is -0.139. The minimum absolute atomic E-state index is 0.0331. The number of aromatic amines is 1. The van der Waals surface area contributed by atoms with Crippen LogP contribution < -0.4 is 15.5 Å². The van der Waals surface area contributed by atoms with E-state index in [-0.39, 0.29) is 10.9 Å². The number of carbonyl (C=O) groups excluding carboxylic acids is 1. The molecule has 1 amide bonds. The van der Waals surface area contributed by atoms with Crippen LogP contribution in [-0.4, -0.2) is 65.1 Å². The monoisotopic (exact) mass is 544 g/mol. The third-order valence-corrected chi connectivity index (χ3v) is 8.16. The number of hydrogen-bond acceptors (Lipinski definition) is 8. The minimum Gasteiger partial charge on any atom is -0.480 e. The molecule has 38 heavy (non-hydrogen) atoms. The number of benzene rings is 1. The number of aliphatic carboxylic acids is 1. The number of aromatic nitrogens is 3. The van der Waals surface area contributed by atoms with Crippen LogP contribution in [0.15, 0.2) is 35.4 Å². The van der Waals surface area contributed by atoms with Crippen LogP contribution in [0.4, 0.5) is 0 Å². The second kappa shape index (κ2) is 11.6. The van der Waals surface area contributed by atoms with Crippen molar-refractivity contribution in [3.63, 3.8) is 0 Å². The lowest BCUT2D eigenvalue weighted by Crippen LogP contribution is -2.50. The Bertz CT molecular complexity index is 1380. The molecule has 1 aliphatic heterocycles. The van der Waals surface area contributed by atoms with E-state index in [0.717, 1.165) is 35.4 Å². The summed E-state index contributed by atoms with van der Waals surface area (Å²) >= 11 is 0. The summed E-state index contributed by atoms with van der Waals surface area (Å²) in [5.41, 5.74) is 6.33. The summed E-state index contributed by atoms with van der Waals surface area (Å²) in [6.07, 6.45) is 3.54. The highest BCUT2D eigenvalue weighted by Crippen LogP contribution is 2.22. The average molecular weight is 545 g/mol. The molecule has 204 valence electrons. The molecule has 0 bridgehead atoms. The van der Waals surface area contributed by atoms with Gasteiger partial charge in [0.1, 0.15) is 17.4 Å². The summed E-state index contributed by atoms with van der Waals surface area (Å²) in [6, 6.07) is 5.55. The Morgan fingerprint density at radius 3 is 2.66 bits per heavy atom. The number of H-pyrrole nitrogens is 1. The van der Waals surface area contributed by atoms with Crippen LogP contribution in [0, 0.1) is 20.8 Å². The summed E-state index contributed by atoms with van der Waals surface area (Å²) in [4.78, 5) is 41.8. The van der Waals surface area contributed by atoms with Crippen molar-refractivity contribution in [2.24, 2.45) is 0 Å². The molecule has 0 aliphatic carbocycles. The lowest BCUT2D eigenvalue weighted by Gasteiger charge is -2.19. The number of hydrogen-bond donors (Lipinski definition) is 5. The molecule has 13 heteroatoms. The van der Waals surface area contributed by atoms with E-state index in [1.165, 1.54) is 0 Å². The molecule has 12 nitrogen and oxygen atoms in total. The van der Waals surface area contributed by atoms with E-state index < -0.39 is 40.6 Å². The van der Waals surface area contributed by atoms with E-state index in [2.05, 4.69) is 30.5 Å². The summed E-state index contributed by atoms with van der Waals surface area (Å²) < 4.78 is 28.1. The highest BCUT2D eigenvalue weighted by atomic mass is 32.2. The van der Waals surface area contributed by atoms with Gasteiger partial charge in [0, 0.05) is 31.6 Å². The van der Waals surface area contributed by atoms with Crippen LogP contribution in [0.1, 0.15) is 41.8 Å². The van der Waals surface area contributed by atoms with Gasteiger partial charge in [0.25, 0.3) is 5.91 Å². The van der Waals surface area contributed by atoms with Gasteiger partial charge in [-0.15, -0.1) is 0 Å². The Morgan fingerprint density at radius 1 is 1.24 bits per heavy atom. The molecule has 2 aromatic heterocycles. The van der Waals surface area contributed by atoms with E-state index in [0.29, 0.717) is 24.0 Å². The van der Waals surface area contributed by atoms with Gasteiger partial charge in [-0.25, -0.2) is 18.4 Å². The highest BCUT2D eigenvalue weighted by Gasteiger charge is 2.33. The number of carboxylic acids is 1. The minimum atomic E-state index is -4.14. The number of sulfonamides is 1. The molecule has 0 spiro atoms. The van der Waals surface area contributed by atoms with Crippen molar-refractivity contribution in [2.75, 3.05) is 6.54 Å². The molecule has 1 aliphatic rings. The van der Waals surface area contributed by atoms with Gasteiger partial charge in [-0.2, -0.15) is 10.2 Å². The number of carboxylic acid groups (broad SMARTS) is 1. The topological polar surface area (TPSA) is 175 Å². The number of nitrogens with zero attached hydrogens (tertiary/aromatic N) is 2. The van der Waals surface area contributed by atoms with Crippen molar-refractivity contribution in [3.05, 3.63) is 53.0 Å². The van der Waals surface area contributed by atoms with Crippen LogP contribution in [0.5, 0.6) is 0 Å². The Morgan fingerprint density at radius 2 is 1.97 bits per heavy atom. The van der Waals surface area contributed by atoms with Crippen molar-refractivity contribution in [1.82, 2.24) is 30.5 Å². The molecule has 0 radical (unpaired) electrons. The van der Waals surface area contributed by atoms with Gasteiger partial charge in [0.2, 0.25) is 10.0 Å². The smallest absolute Gasteiger partial charge is 0.323 e. The fourth-order valence-electron chi connectivity index (χ4n) is 4.73. The van der Waals surface area contributed by atoms with Crippen molar-refractivity contribution in [1.29, 1.82) is 0 Å². The van der Waals surface area contributed by atoms with Crippen molar-refractivity contribution < 1.29 is 28.0 Å². The zero-order valence-electron chi connectivity index (χ0n) is 21.4. The molecule has 0 saturated carbocycles. The normalized spacial score (nSPS) is 18.5. The van der Waals surface area contributed by atoms with Crippen molar-refractivity contribution in [3.8, 4) is 0 Å². The Balaban J connectivity index is 1.26. The maximum atomic E-state index is 13.0. The number of nitrogens with one attached hydrogen (secondary N) is 4. The molecule has 3 atom stereocenters. The molecule has 5 N–H and O–H groups in total. The molecular weight excluding hydrogens is 512 g/mol. The van der Waals surface area contributed by atoms with Gasteiger partial charge in [-0.05, 0) is 56.9 Å². The zero-order chi connectivity index (χ0) is 27.4. The zero-order valence-corrected chi connectivity index (χ0v) is 22.3. The largest absolute Gasteiger partial charge is 0.480 e. The van der Waals surface area contributed by atoms with Crippen LogP contribution in [0.3, 0.4) is 0 Å². The van der Waals surface area contributed by atoms with E-state index in [1.54, 1.807) is 32.2 Å². The summed E-state index contributed by atoms with van der Waals surface area (Å²) in [5.74, 6) is -1.08. The van der Waals surface area contributed by atoms with E-state index in [4.69, 9.17) is 4.84 Å². The second-order valence-electron chi connectivity index (χ2n) is 9.59. The molecular formula is C25H32N6O6S. The lowest BCUT2D eigenvalue weighted by atomic mass is 10.0. The quantitative estimate of drug-likeness (QED) is 0.239. The van der Waals surface area contributed by atoms with Gasteiger partial charge in [-0.1, -0.05) is 17.7 Å². The van der Waals surface area contributed by atoms with Gasteiger partial charge < -0.3 is 15.4 Å². The highest BCUT2D eigenvalue weighted by molar-refractivity contribution is 7.89. The average Bonchev–Trinajstić information content (AvgIpc) is 3.47. The van der Waals surface area contributed by atoms with E-state index in [1.807, 2.05) is 19.1 Å². The van der Waals surface area contributed by atoms with Gasteiger partial charge >= 0.3 is 5.97 Å². The summed E-state index contributed by atoms with van der Waals surface area (Å²) in [6.45, 7) is 4.73. The number of imidazole rings is 1. The molecule has 3 unspecified atom stereocenters. The molecule has 3 aromatic rings. The molecule has 3 heterocycles. The van der Waals surface area contributed by atoms with Gasteiger partial charge in [0.05, 0.1) is 4.90 Å². The second-order valence-corrected chi connectivity index (χ2v) is 11.2. The van der Waals surface area contributed by atoms with Crippen LogP contribution >= 0.6 is 0 Å². The summed E-state index contributed by atoms with van der Waals surface area (Å²) in [5, 5.41) is 12.1.